The van der Waals surface area contributed by atoms with Crippen LogP contribution in [0, 0.1) is 10.8 Å². The first-order valence-electron chi connectivity index (χ1n) is 24.1. The van der Waals surface area contributed by atoms with Crippen molar-refractivity contribution in [3.05, 3.63) is 224 Å². The van der Waals surface area contributed by atoms with Crippen molar-refractivity contribution in [2.24, 2.45) is 21.7 Å². The minimum atomic E-state index is -0.693. The van der Waals surface area contributed by atoms with Crippen LogP contribution in [0.2, 0.25) is 0 Å². The number of β-lactam (4-membered cyclic amide) rings is 2. The Bertz CT molecular complexity index is 3010. The number of nitrogens with zero attached hydrogens (tertiary/aromatic N) is 7. The molecule has 10 rings (SSSR count). The van der Waals surface area contributed by atoms with Crippen LogP contribution in [0.15, 0.2) is 174 Å². The third-order valence-electron chi connectivity index (χ3n) is 14.0. The summed E-state index contributed by atoms with van der Waals surface area (Å²) in [6.45, 7) is 8.67. The number of amides is 2. The molecule has 0 aliphatic carbocycles. The number of esters is 2. The zero-order valence-corrected chi connectivity index (χ0v) is 40.6. The predicted molar refractivity (Wildman–Crippen MR) is 272 cm³/mol. The average Bonchev–Trinajstić information content (AvgIpc) is 3.82. The van der Waals surface area contributed by atoms with Crippen LogP contribution < -0.4 is 5.73 Å². The fourth-order valence-electron chi connectivity index (χ4n) is 10.5. The number of carbonyl (C=O) groups excluding carboxylic acids is 4. The third kappa shape index (κ3) is 9.92. The van der Waals surface area contributed by atoms with Gasteiger partial charge in [0.1, 0.15) is 12.1 Å². The Morgan fingerprint density at radius 3 is 1.36 bits per heavy atom. The Balaban J connectivity index is 0.000000178. The number of ether oxygens (including phenoxy) is 2. The van der Waals surface area contributed by atoms with E-state index in [2.05, 4.69) is 20.0 Å². The molecule has 72 heavy (non-hydrogen) atoms. The van der Waals surface area contributed by atoms with Gasteiger partial charge in [-0.25, -0.2) is 9.59 Å². The van der Waals surface area contributed by atoms with Crippen molar-refractivity contribution < 1.29 is 28.7 Å². The summed E-state index contributed by atoms with van der Waals surface area (Å²) in [7, 11) is 0. The molecule has 4 aliphatic rings. The minimum absolute atomic E-state index is 0.134. The van der Waals surface area contributed by atoms with Crippen LogP contribution in [0.4, 0.5) is 0 Å². The number of azide groups is 1. The zero-order valence-electron chi connectivity index (χ0n) is 40.6. The normalized spacial score (nSPS) is 21.2. The summed E-state index contributed by atoms with van der Waals surface area (Å²) in [5.74, 6) is -1.12. The van der Waals surface area contributed by atoms with Crippen molar-refractivity contribution in [1.82, 2.24) is 19.8 Å². The number of benzene rings is 4. The molecule has 4 fully saturated rings. The Hall–Kier alpha value is -8.19. The van der Waals surface area contributed by atoms with E-state index in [9.17, 15) is 19.2 Å². The lowest BCUT2D eigenvalue weighted by Gasteiger charge is -2.41. The highest BCUT2D eigenvalue weighted by Gasteiger charge is 2.62. The van der Waals surface area contributed by atoms with Crippen LogP contribution >= 0.6 is 0 Å². The highest BCUT2D eigenvalue weighted by molar-refractivity contribution is 6.09. The molecule has 0 radical (unpaired) electrons. The number of hydrogen-bond acceptors (Lipinski definition) is 10. The maximum absolute atomic E-state index is 13.7. The van der Waals surface area contributed by atoms with Crippen LogP contribution in [0.3, 0.4) is 0 Å². The summed E-state index contributed by atoms with van der Waals surface area (Å²) in [6.07, 6.45) is 7.12. The topological polar surface area (TPSA) is 194 Å². The molecular weight excluding hydrogens is 905 g/mol. The second kappa shape index (κ2) is 20.6. The van der Waals surface area contributed by atoms with Gasteiger partial charge in [-0.1, -0.05) is 154 Å². The SMILES string of the molecule is CC1(C)CC2/C(=C\c3cc(CN)ccn3)C(=O)N2[C@H]1C(=O)OC(c1ccccc1)c1ccccc1.CC1(C)CC2/C(=C\c3cc(CN=[N+]=[N-])ccn3)C(=O)N2[C@H]1C(=O)OC(c1ccccc1)c1ccccc1. The van der Waals surface area contributed by atoms with Gasteiger partial charge in [-0.15, -0.1) is 0 Å². The Kier molecular flexibility index (Phi) is 14.0. The van der Waals surface area contributed by atoms with E-state index in [1.165, 1.54) is 0 Å². The zero-order chi connectivity index (χ0) is 50.6. The first-order chi connectivity index (χ1) is 34.8. The summed E-state index contributed by atoms with van der Waals surface area (Å²) < 4.78 is 12.3. The summed E-state index contributed by atoms with van der Waals surface area (Å²) in [6, 6.07) is 44.3. The molecule has 4 aliphatic heterocycles. The van der Waals surface area contributed by atoms with Crippen LogP contribution in [-0.2, 0) is 41.7 Å². The summed E-state index contributed by atoms with van der Waals surface area (Å²) in [4.78, 5) is 68.7. The van der Waals surface area contributed by atoms with Crippen LogP contribution in [0.1, 0.15) is 97.5 Å². The van der Waals surface area contributed by atoms with Crippen LogP contribution in [0.25, 0.3) is 22.6 Å². The highest BCUT2D eigenvalue weighted by atomic mass is 16.6. The molecule has 14 heteroatoms. The van der Waals surface area contributed by atoms with Crippen molar-refractivity contribution >= 4 is 35.9 Å². The van der Waals surface area contributed by atoms with Gasteiger partial charge >= 0.3 is 11.9 Å². The van der Waals surface area contributed by atoms with Crippen molar-refractivity contribution in [3.63, 3.8) is 0 Å². The molecule has 0 saturated carbocycles. The molecule has 364 valence electrons. The molecule has 2 aromatic heterocycles. The summed E-state index contributed by atoms with van der Waals surface area (Å²) in [5.41, 5.74) is 21.3. The Morgan fingerprint density at radius 1 is 0.639 bits per heavy atom. The van der Waals surface area contributed by atoms with E-state index in [4.69, 9.17) is 20.7 Å². The van der Waals surface area contributed by atoms with Crippen molar-refractivity contribution in [1.29, 1.82) is 0 Å². The number of nitrogens with two attached hydrogens (primary N) is 1. The first kappa shape index (κ1) is 48.8. The van der Waals surface area contributed by atoms with E-state index in [-0.39, 0.29) is 36.4 Å². The monoisotopic (exact) mass is 960 g/mol. The van der Waals surface area contributed by atoms with E-state index in [1.807, 2.05) is 167 Å². The number of hydrogen-bond donors (Lipinski definition) is 1. The second-order valence-corrected chi connectivity index (χ2v) is 19.9. The number of carbonyl (C=O) groups is 4. The lowest BCUT2D eigenvalue weighted by Crippen LogP contribution is -2.58. The van der Waals surface area contributed by atoms with Gasteiger partial charge in [0.25, 0.3) is 11.8 Å². The second-order valence-electron chi connectivity index (χ2n) is 19.9. The molecule has 0 bridgehead atoms. The molecule has 2 amide bonds. The van der Waals surface area contributed by atoms with Gasteiger partial charge in [0, 0.05) is 35.0 Å². The summed E-state index contributed by atoms with van der Waals surface area (Å²) in [5, 5.41) is 3.59. The van der Waals surface area contributed by atoms with Gasteiger partial charge < -0.3 is 25.0 Å². The largest absolute Gasteiger partial charge is 0.451 e. The lowest BCUT2D eigenvalue weighted by atomic mass is 9.83. The molecule has 6 heterocycles. The van der Waals surface area contributed by atoms with Crippen LogP contribution in [0.5, 0.6) is 0 Å². The lowest BCUT2D eigenvalue weighted by molar-refractivity contribution is -0.162. The Labute approximate surface area is 418 Å². The fourth-order valence-corrected chi connectivity index (χ4v) is 10.5. The standard InChI is InChI=1S/C29H27N5O3.C29H29N3O3/c1-29(2)17-24-23(16-22-15-19(13-14-31-22)18-32-33-30)27(35)34(24)26(29)28(36)37-25(20-9-5-3-6-10-20)21-11-7-4-8-12-21;1-29(2)17-24-23(16-22-15-19(18-30)13-14-31-22)27(33)32(24)26(29)28(34)35-25(20-9-5-3-6-10-20)21-11-7-4-8-12-21/h3-16,24-26H,17-18H2,1-2H3;3-16,24-26H,17-18,30H2,1-2H3/b2*23-16+/t2*24?,26-/m00/s1. The van der Waals surface area contributed by atoms with E-state index in [0.29, 0.717) is 41.9 Å². The molecule has 14 nitrogen and oxygen atoms in total. The van der Waals surface area contributed by atoms with E-state index in [1.54, 1.807) is 40.4 Å². The number of pyridine rings is 2. The van der Waals surface area contributed by atoms with Crippen LogP contribution in [-0.4, -0.2) is 67.7 Å². The smallest absolute Gasteiger partial charge is 0.330 e. The molecule has 4 atom stereocenters. The quantitative estimate of drug-likeness (QED) is 0.0293. The predicted octanol–water partition coefficient (Wildman–Crippen LogP) is 9.88. The average molecular weight is 961 g/mol. The van der Waals surface area contributed by atoms with Gasteiger partial charge in [0.2, 0.25) is 0 Å². The number of aromatic nitrogens is 2. The van der Waals surface area contributed by atoms with Gasteiger partial charge in [-0.2, -0.15) is 0 Å². The Morgan fingerprint density at radius 2 is 1.00 bits per heavy atom. The molecular formula is C58H56N8O6. The fraction of sp³-hybridized carbons (Fsp3) is 0.276. The molecule has 4 aromatic carbocycles. The number of rotatable bonds is 13. The number of fused-ring (bicyclic) bond motifs is 2. The molecule has 4 saturated heterocycles. The van der Waals surface area contributed by atoms with Gasteiger partial charge in [0.05, 0.1) is 30.0 Å². The van der Waals surface area contributed by atoms with E-state index in [0.717, 1.165) is 33.4 Å². The van der Waals surface area contributed by atoms with Gasteiger partial charge in [-0.05, 0) is 99.0 Å². The van der Waals surface area contributed by atoms with Gasteiger partial charge in [0.15, 0.2) is 12.2 Å². The van der Waals surface area contributed by atoms with Gasteiger partial charge in [-0.3, -0.25) is 19.6 Å². The first-order valence-corrected chi connectivity index (χ1v) is 24.1. The molecule has 0 spiro atoms. The minimum Gasteiger partial charge on any atom is -0.451 e. The maximum atomic E-state index is 13.7. The van der Waals surface area contributed by atoms with Crippen molar-refractivity contribution in [3.8, 4) is 0 Å². The van der Waals surface area contributed by atoms with E-state index < -0.39 is 41.1 Å². The summed E-state index contributed by atoms with van der Waals surface area (Å²) >= 11 is 0. The molecule has 2 unspecified atom stereocenters. The van der Waals surface area contributed by atoms with Crippen molar-refractivity contribution in [2.45, 2.75) is 90.0 Å². The molecule has 6 aromatic rings. The highest BCUT2D eigenvalue weighted by Crippen LogP contribution is 2.52. The van der Waals surface area contributed by atoms with Crippen molar-refractivity contribution in [2.75, 3.05) is 0 Å². The molecule has 2 N–H and O–H groups in total. The maximum Gasteiger partial charge on any atom is 0.330 e. The third-order valence-corrected chi connectivity index (χ3v) is 14.0. The van der Waals surface area contributed by atoms with E-state index >= 15 is 0 Å².